The molecular formula is C22H25BrN4O4. The van der Waals surface area contributed by atoms with Gasteiger partial charge in [0, 0.05) is 24.3 Å². The van der Waals surface area contributed by atoms with E-state index in [0.717, 1.165) is 10.0 Å². The third kappa shape index (κ3) is 4.99. The highest BCUT2D eigenvalue weighted by atomic mass is 79.9. The van der Waals surface area contributed by atoms with Crippen molar-refractivity contribution in [2.75, 3.05) is 14.2 Å². The summed E-state index contributed by atoms with van der Waals surface area (Å²) in [7, 11) is 2.97. The predicted octanol–water partition coefficient (Wildman–Crippen LogP) is 2.84. The molecule has 0 spiro atoms. The number of ether oxygens (including phenoxy) is 3. The van der Waals surface area contributed by atoms with Crippen molar-refractivity contribution in [3.8, 4) is 11.9 Å². The largest absolute Gasteiger partial charge is 0.479 e. The highest BCUT2D eigenvalue weighted by molar-refractivity contribution is 9.10. The number of benzene rings is 2. The molecular weight excluding hydrogens is 464 g/mol. The van der Waals surface area contributed by atoms with Crippen LogP contribution in [0, 0.1) is 11.5 Å². The number of nitriles is 1. The number of methoxy groups -OCH3 is 2. The maximum atomic E-state index is 11.3. The van der Waals surface area contributed by atoms with E-state index in [1.807, 2.05) is 48.7 Å². The molecule has 0 aliphatic carbocycles. The molecule has 164 valence electrons. The third-order valence-corrected chi connectivity index (χ3v) is 5.66. The molecule has 0 saturated carbocycles. The maximum absolute atomic E-state index is 11.3. The van der Waals surface area contributed by atoms with E-state index in [1.165, 1.54) is 14.2 Å². The van der Waals surface area contributed by atoms with Gasteiger partial charge in [0.1, 0.15) is 11.9 Å². The summed E-state index contributed by atoms with van der Waals surface area (Å²) in [4.78, 5) is 4.49. The molecule has 1 aliphatic heterocycles. The number of guanidine groups is 1. The number of rotatable bonds is 6. The SMILES string of the molecule is COC(OC)[C@@]1(C)Oc2ccc(Br)cc2[C@@H](NC(=NCc2ccccc2)NC#N)[C@@H]1O. The minimum Gasteiger partial charge on any atom is -0.479 e. The molecule has 8 nitrogen and oxygen atoms in total. The van der Waals surface area contributed by atoms with Crippen molar-refractivity contribution in [2.45, 2.75) is 37.5 Å². The summed E-state index contributed by atoms with van der Waals surface area (Å²) in [6.45, 7) is 2.08. The van der Waals surface area contributed by atoms with Gasteiger partial charge < -0.3 is 24.6 Å². The fraction of sp³-hybridized carbons (Fsp3) is 0.364. The van der Waals surface area contributed by atoms with E-state index in [4.69, 9.17) is 14.2 Å². The number of nitrogens with one attached hydrogen (secondary N) is 2. The van der Waals surface area contributed by atoms with Crippen molar-refractivity contribution >= 4 is 21.9 Å². The number of fused-ring (bicyclic) bond motifs is 1. The topological polar surface area (TPSA) is 108 Å². The highest BCUT2D eigenvalue weighted by Crippen LogP contribution is 2.43. The first kappa shape index (κ1) is 23.0. The average Bonchev–Trinajstić information content (AvgIpc) is 2.77. The number of hydrogen-bond acceptors (Lipinski definition) is 6. The van der Waals surface area contributed by atoms with Gasteiger partial charge in [-0.05, 0) is 30.7 Å². The second kappa shape index (κ2) is 10.1. The lowest BCUT2D eigenvalue weighted by Gasteiger charge is -2.46. The minimum atomic E-state index is -1.22. The van der Waals surface area contributed by atoms with Gasteiger partial charge in [-0.25, -0.2) is 4.99 Å². The van der Waals surface area contributed by atoms with E-state index in [-0.39, 0.29) is 5.96 Å². The predicted molar refractivity (Wildman–Crippen MR) is 119 cm³/mol. The summed E-state index contributed by atoms with van der Waals surface area (Å²) < 4.78 is 17.8. The quantitative estimate of drug-likeness (QED) is 0.188. The highest BCUT2D eigenvalue weighted by Gasteiger charge is 2.52. The summed E-state index contributed by atoms with van der Waals surface area (Å²) in [6.07, 6.45) is -0.0368. The zero-order valence-electron chi connectivity index (χ0n) is 17.5. The van der Waals surface area contributed by atoms with Gasteiger partial charge in [0.15, 0.2) is 18.1 Å². The van der Waals surface area contributed by atoms with Crippen LogP contribution in [-0.4, -0.2) is 43.3 Å². The number of halogens is 1. The molecule has 3 N–H and O–H groups in total. The Bertz CT molecular complexity index is 962. The van der Waals surface area contributed by atoms with Crippen LogP contribution in [0.5, 0.6) is 5.75 Å². The lowest BCUT2D eigenvalue weighted by atomic mass is 9.84. The number of hydrogen-bond donors (Lipinski definition) is 3. The Morgan fingerprint density at radius 2 is 2.00 bits per heavy atom. The van der Waals surface area contributed by atoms with Gasteiger partial charge in [-0.2, -0.15) is 5.26 Å². The van der Waals surface area contributed by atoms with Gasteiger partial charge in [0.25, 0.3) is 0 Å². The van der Waals surface area contributed by atoms with Crippen LogP contribution in [0.2, 0.25) is 0 Å². The molecule has 3 rings (SSSR count). The van der Waals surface area contributed by atoms with E-state index >= 15 is 0 Å². The zero-order valence-corrected chi connectivity index (χ0v) is 19.1. The Balaban J connectivity index is 1.97. The van der Waals surface area contributed by atoms with Crippen LogP contribution in [0.15, 0.2) is 58.0 Å². The molecule has 0 amide bonds. The van der Waals surface area contributed by atoms with Crippen LogP contribution < -0.4 is 15.4 Å². The first-order valence-corrected chi connectivity index (χ1v) is 10.4. The van der Waals surface area contributed by atoms with E-state index in [0.29, 0.717) is 17.9 Å². The monoisotopic (exact) mass is 488 g/mol. The number of nitrogens with zero attached hydrogens (tertiary/aromatic N) is 2. The van der Waals surface area contributed by atoms with Gasteiger partial charge in [-0.1, -0.05) is 46.3 Å². The smallest absolute Gasteiger partial charge is 0.205 e. The number of aliphatic hydroxyl groups excluding tert-OH is 1. The average molecular weight is 489 g/mol. The van der Waals surface area contributed by atoms with Gasteiger partial charge in [0.05, 0.1) is 12.6 Å². The minimum absolute atomic E-state index is 0.233. The second-order valence-electron chi connectivity index (χ2n) is 7.23. The third-order valence-electron chi connectivity index (χ3n) is 5.17. The molecule has 1 heterocycles. The van der Waals surface area contributed by atoms with Crippen molar-refractivity contribution < 1.29 is 19.3 Å². The summed E-state index contributed by atoms with van der Waals surface area (Å²) in [6, 6.07) is 14.5. The molecule has 0 radical (unpaired) electrons. The molecule has 31 heavy (non-hydrogen) atoms. The lowest BCUT2D eigenvalue weighted by molar-refractivity contribution is -0.238. The van der Waals surface area contributed by atoms with E-state index in [9.17, 15) is 10.4 Å². The summed E-state index contributed by atoms with van der Waals surface area (Å²) in [5, 5.41) is 26.3. The van der Waals surface area contributed by atoms with Crippen molar-refractivity contribution in [2.24, 2.45) is 4.99 Å². The van der Waals surface area contributed by atoms with Crippen LogP contribution in [0.1, 0.15) is 24.1 Å². The molecule has 0 unspecified atom stereocenters. The van der Waals surface area contributed by atoms with Crippen LogP contribution >= 0.6 is 15.9 Å². The van der Waals surface area contributed by atoms with Gasteiger partial charge >= 0.3 is 0 Å². The first-order valence-electron chi connectivity index (χ1n) is 9.65. The normalized spacial score (nSPS) is 22.9. The molecule has 0 aromatic heterocycles. The lowest BCUT2D eigenvalue weighted by Crippen LogP contribution is -2.62. The molecule has 0 bridgehead atoms. The van der Waals surface area contributed by atoms with Crippen LogP contribution in [0.4, 0.5) is 0 Å². The molecule has 2 aromatic rings. The molecule has 1 aliphatic rings. The van der Waals surface area contributed by atoms with Gasteiger partial charge in [-0.3, -0.25) is 5.32 Å². The zero-order chi connectivity index (χ0) is 22.4. The molecule has 3 atom stereocenters. The van der Waals surface area contributed by atoms with Crippen LogP contribution in [-0.2, 0) is 16.0 Å². The summed E-state index contributed by atoms with van der Waals surface area (Å²) >= 11 is 3.47. The fourth-order valence-corrected chi connectivity index (χ4v) is 4.02. The second-order valence-corrected chi connectivity index (χ2v) is 8.14. The van der Waals surface area contributed by atoms with Gasteiger partial charge in [0.2, 0.25) is 5.96 Å². The van der Waals surface area contributed by atoms with Gasteiger partial charge in [-0.15, -0.1) is 0 Å². The van der Waals surface area contributed by atoms with Crippen molar-refractivity contribution in [3.05, 3.63) is 64.1 Å². The summed E-state index contributed by atoms with van der Waals surface area (Å²) in [5.74, 6) is 0.795. The Morgan fingerprint density at radius 1 is 1.29 bits per heavy atom. The number of aliphatic imine (C=N–C) groups is 1. The maximum Gasteiger partial charge on any atom is 0.205 e. The van der Waals surface area contributed by atoms with E-state index in [2.05, 4.69) is 31.6 Å². The number of aliphatic hydroxyl groups is 1. The van der Waals surface area contributed by atoms with Crippen molar-refractivity contribution in [1.29, 1.82) is 5.26 Å². The Morgan fingerprint density at radius 3 is 2.65 bits per heavy atom. The summed E-state index contributed by atoms with van der Waals surface area (Å²) in [5.41, 5.74) is 0.470. The van der Waals surface area contributed by atoms with Crippen LogP contribution in [0.25, 0.3) is 0 Å². The molecule has 0 fully saturated rings. The Hall–Kier alpha value is -2.64. The Kier molecular flexibility index (Phi) is 7.51. The van der Waals surface area contributed by atoms with E-state index in [1.54, 1.807) is 13.0 Å². The van der Waals surface area contributed by atoms with E-state index < -0.39 is 24.0 Å². The Labute approximate surface area is 190 Å². The fourth-order valence-electron chi connectivity index (χ4n) is 3.64. The van der Waals surface area contributed by atoms with Crippen molar-refractivity contribution in [3.63, 3.8) is 0 Å². The molecule has 2 aromatic carbocycles. The molecule has 0 saturated heterocycles. The standard InChI is InChI=1S/C22H25BrN4O4/c1-22(20(29-2)30-3)19(28)18(16-11-15(23)9-10-17(16)31-22)27-21(26-13-24)25-12-14-7-5-4-6-8-14/h4-11,18-20,28H,12H2,1-3H3,(H2,25,26,27)/t18-,19+,22+/m1/s1. The first-order chi connectivity index (χ1) is 14.9. The van der Waals surface area contributed by atoms with Crippen molar-refractivity contribution in [1.82, 2.24) is 10.6 Å². The van der Waals surface area contributed by atoms with Crippen LogP contribution in [0.3, 0.4) is 0 Å². The molecule has 9 heteroatoms.